The maximum absolute atomic E-state index is 12.1. The fourth-order valence-corrected chi connectivity index (χ4v) is 2.34. The number of carbonyl (C=O) groups is 1. The van der Waals surface area contributed by atoms with E-state index in [1.165, 1.54) is 0 Å². The topological polar surface area (TPSA) is 67.2 Å². The van der Waals surface area contributed by atoms with E-state index in [0.717, 1.165) is 28.8 Å². The monoisotopic (exact) mass is 356 g/mol. The molecule has 0 saturated heterocycles. The summed E-state index contributed by atoms with van der Waals surface area (Å²) >= 11 is 5.89. The highest BCUT2D eigenvalue weighted by molar-refractivity contribution is 6.30. The van der Waals surface area contributed by atoms with Crippen LogP contribution in [0.15, 0.2) is 47.7 Å². The molecule has 2 rings (SSSR count). The average molecular weight is 357 g/mol. The molecule has 2 aromatic rings. The van der Waals surface area contributed by atoms with Crippen LogP contribution < -0.4 is 5.32 Å². The molecule has 0 fully saturated rings. The summed E-state index contributed by atoms with van der Waals surface area (Å²) in [7, 11) is 1.74. The molecule has 2 heterocycles. The van der Waals surface area contributed by atoms with E-state index in [-0.39, 0.29) is 12.3 Å². The molecule has 0 aliphatic carbocycles. The van der Waals surface area contributed by atoms with E-state index in [9.17, 15) is 4.79 Å². The molecule has 0 unspecified atom stereocenters. The fourth-order valence-electron chi connectivity index (χ4n) is 2.23. The molecule has 0 aromatic carbocycles. The van der Waals surface area contributed by atoms with Gasteiger partial charge in [0, 0.05) is 25.0 Å². The van der Waals surface area contributed by atoms with Gasteiger partial charge in [0.15, 0.2) is 0 Å². The van der Waals surface area contributed by atoms with Crippen molar-refractivity contribution in [2.24, 2.45) is 4.99 Å². The summed E-state index contributed by atoms with van der Waals surface area (Å²) in [4.78, 5) is 24.7. The Balaban J connectivity index is 2.01. The van der Waals surface area contributed by atoms with Crippen molar-refractivity contribution in [1.29, 1.82) is 0 Å². The van der Waals surface area contributed by atoms with Crippen molar-refractivity contribution in [2.75, 3.05) is 12.4 Å². The number of pyridine rings is 2. The highest BCUT2D eigenvalue weighted by Crippen LogP contribution is 2.14. The molecule has 0 spiro atoms. The van der Waals surface area contributed by atoms with Gasteiger partial charge in [-0.3, -0.25) is 9.79 Å². The Morgan fingerprint density at radius 1 is 1.32 bits per heavy atom. The molecule has 130 valence electrons. The third-order valence-electron chi connectivity index (χ3n) is 3.51. The fraction of sp³-hybridized carbons (Fsp3) is 0.263. The summed E-state index contributed by atoms with van der Waals surface area (Å²) in [6, 6.07) is 5.51. The van der Waals surface area contributed by atoms with Gasteiger partial charge in [-0.2, -0.15) is 0 Å². The van der Waals surface area contributed by atoms with Gasteiger partial charge in [0.2, 0.25) is 5.91 Å². The van der Waals surface area contributed by atoms with Gasteiger partial charge in [-0.15, -0.1) is 0 Å². The van der Waals surface area contributed by atoms with Crippen molar-refractivity contribution in [1.82, 2.24) is 9.97 Å². The number of allylic oxidation sites excluding steroid dienone is 2. The number of amides is 1. The predicted octanol–water partition coefficient (Wildman–Crippen LogP) is 4.00. The number of aliphatic imine (C=N–C) groups is 1. The number of hydrogen-bond acceptors (Lipinski definition) is 4. The van der Waals surface area contributed by atoms with Crippen molar-refractivity contribution in [2.45, 2.75) is 26.7 Å². The summed E-state index contributed by atoms with van der Waals surface area (Å²) in [5.41, 5.74) is 3.42. The van der Waals surface area contributed by atoms with E-state index in [2.05, 4.69) is 27.2 Å². The molecule has 5 nitrogen and oxygen atoms in total. The maximum Gasteiger partial charge on any atom is 0.230 e. The van der Waals surface area contributed by atoms with E-state index in [1.807, 2.05) is 31.2 Å². The quantitative estimate of drug-likeness (QED) is 0.628. The molecule has 2 aromatic heterocycles. The Bertz CT molecular complexity index is 798. The van der Waals surface area contributed by atoms with Gasteiger partial charge in [0.25, 0.3) is 0 Å². The molecule has 0 radical (unpaired) electrons. The molecule has 1 N–H and O–H groups in total. The Morgan fingerprint density at radius 3 is 2.72 bits per heavy atom. The van der Waals surface area contributed by atoms with E-state index in [0.29, 0.717) is 11.0 Å². The van der Waals surface area contributed by atoms with E-state index in [4.69, 9.17) is 11.6 Å². The molecule has 25 heavy (non-hydrogen) atoms. The zero-order valence-corrected chi connectivity index (χ0v) is 15.3. The van der Waals surface area contributed by atoms with Gasteiger partial charge in [-0.05, 0) is 42.7 Å². The van der Waals surface area contributed by atoms with Crippen LogP contribution in [0.2, 0.25) is 5.15 Å². The Labute approximate surface area is 152 Å². The zero-order valence-electron chi connectivity index (χ0n) is 14.6. The molecule has 0 bridgehead atoms. The Hall–Kier alpha value is -2.53. The molecular weight excluding hydrogens is 336 g/mol. The Morgan fingerprint density at radius 2 is 2.12 bits per heavy atom. The lowest BCUT2D eigenvalue weighted by Crippen LogP contribution is -2.15. The second kappa shape index (κ2) is 9.08. The van der Waals surface area contributed by atoms with Crippen LogP contribution >= 0.6 is 11.6 Å². The molecule has 0 atom stereocenters. The largest absolute Gasteiger partial charge is 0.310 e. The van der Waals surface area contributed by atoms with Gasteiger partial charge in [0.1, 0.15) is 11.0 Å². The van der Waals surface area contributed by atoms with Crippen LogP contribution in [0.3, 0.4) is 0 Å². The third kappa shape index (κ3) is 5.50. The molecule has 0 aliphatic rings. The van der Waals surface area contributed by atoms with Gasteiger partial charge < -0.3 is 5.32 Å². The minimum atomic E-state index is -0.154. The number of aromatic nitrogens is 2. The minimum Gasteiger partial charge on any atom is -0.310 e. The van der Waals surface area contributed by atoms with Gasteiger partial charge in [-0.25, -0.2) is 9.97 Å². The second-order valence-electron chi connectivity index (χ2n) is 5.53. The number of aryl methyl sites for hydroxylation is 1. The molecule has 6 heteroatoms. The van der Waals surface area contributed by atoms with Crippen LogP contribution in [-0.2, 0) is 11.2 Å². The first-order valence-electron chi connectivity index (χ1n) is 8.04. The molecular formula is C19H21ClN4O. The summed E-state index contributed by atoms with van der Waals surface area (Å²) in [6.45, 7) is 3.93. The number of nitrogens with one attached hydrogen (secondary N) is 1. The van der Waals surface area contributed by atoms with Crippen LogP contribution in [0.5, 0.6) is 0 Å². The van der Waals surface area contributed by atoms with E-state index < -0.39 is 0 Å². The van der Waals surface area contributed by atoms with Crippen LogP contribution in [0.25, 0.3) is 0 Å². The lowest BCUT2D eigenvalue weighted by atomic mass is 10.1. The number of nitrogens with zero attached hydrogens (tertiary/aromatic N) is 3. The smallest absolute Gasteiger partial charge is 0.230 e. The van der Waals surface area contributed by atoms with Crippen molar-refractivity contribution in [3.8, 4) is 0 Å². The van der Waals surface area contributed by atoms with E-state index >= 15 is 0 Å². The molecule has 1 amide bonds. The van der Waals surface area contributed by atoms with Crippen molar-refractivity contribution >= 4 is 29.0 Å². The zero-order chi connectivity index (χ0) is 18.2. The van der Waals surface area contributed by atoms with Crippen molar-refractivity contribution in [3.05, 3.63) is 64.6 Å². The maximum atomic E-state index is 12.1. The average Bonchev–Trinajstić information content (AvgIpc) is 2.60. The standard InChI is InChI=1S/C19H21ClN4O/c1-4-5-6-16(21-3)15-7-8-17(22-12-15)24-18(25)10-14-9-13(2)19(20)23-11-14/h5-9,11-12H,4,10H2,1-3H3,(H,22,24,25)/b6-5-,21-16?. The second-order valence-corrected chi connectivity index (χ2v) is 5.89. The van der Waals surface area contributed by atoms with Crippen LogP contribution in [0, 0.1) is 6.92 Å². The normalized spacial score (nSPS) is 11.8. The first-order chi connectivity index (χ1) is 12.0. The lowest BCUT2D eigenvalue weighted by molar-refractivity contribution is -0.115. The summed E-state index contributed by atoms with van der Waals surface area (Å²) in [5, 5.41) is 3.23. The van der Waals surface area contributed by atoms with Crippen molar-refractivity contribution in [3.63, 3.8) is 0 Å². The highest BCUT2D eigenvalue weighted by atomic mass is 35.5. The molecule has 0 saturated carbocycles. The van der Waals surface area contributed by atoms with Crippen LogP contribution in [0.1, 0.15) is 30.0 Å². The highest BCUT2D eigenvalue weighted by Gasteiger charge is 2.08. The van der Waals surface area contributed by atoms with Gasteiger partial charge in [-0.1, -0.05) is 30.7 Å². The van der Waals surface area contributed by atoms with Crippen molar-refractivity contribution < 1.29 is 4.79 Å². The lowest BCUT2D eigenvalue weighted by Gasteiger charge is -2.07. The van der Waals surface area contributed by atoms with Gasteiger partial charge in [0.05, 0.1) is 12.1 Å². The first kappa shape index (κ1) is 18.8. The van der Waals surface area contributed by atoms with Crippen LogP contribution in [0.4, 0.5) is 5.82 Å². The number of halogens is 1. The molecule has 0 aliphatic heterocycles. The number of hydrogen-bond donors (Lipinski definition) is 1. The SMILES string of the molecule is CC/C=C\C(=NC)c1ccc(NC(=O)Cc2cnc(Cl)c(C)c2)nc1. The first-order valence-corrected chi connectivity index (χ1v) is 8.42. The van der Waals surface area contributed by atoms with E-state index in [1.54, 1.807) is 25.5 Å². The predicted molar refractivity (Wildman–Crippen MR) is 102 cm³/mol. The summed E-state index contributed by atoms with van der Waals surface area (Å²) in [5.74, 6) is 0.348. The summed E-state index contributed by atoms with van der Waals surface area (Å²) < 4.78 is 0. The number of carbonyl (C=O) groups excluding carboxylic acids is 1. The number of rotatable bonds is 6. The minimum absolute atomic E-state index is 0.154. The summed E-state index contributed by atoms with van der Waals surface area (Å²) in [6.07, 6.45) is 8.47. The third-order valence-corrected chi connectivity index (χ3v) is 3.91. The Kier molecular flexibility index (Phi) is 6.83. The van der Waals surface area contributed by atoms with Gasteiger partial charge >= 0.3 is 0 Å². The number of anilines is 1. The van der Waals surface area contributed by atoms with Crippen LogP contribution in [-0.4, -0.2) is 28.6 Å².